The zero-order valence-corrected chi connectivity index (χ0v) is 24.2. The number of aryl methyl sites for hydroxylation is 1. The predicted octanol–water partition coefficient (Wildman–Crippen LogP) is 9.43. The van der Waals surface area contributed by atoms with Crippen LogP contribution in [-0.2, 0) is 12.8 Å². The maximum atomic E-state index is 2.73. The lowest BCUT2D eigenvalue weighted by Gasteiger charge is -2.46. The molecule has 2 aromatic rings. The summed E-state index contributed by atoms with van der Waals surface area (Å²) in [5, 5.41) is 0. The summed E-state index contributed by atoms with van der Waals surface area (Å²) >= 11 is 0. The van der Waals surface area contributed by atoms with E-state index in [1.165, 1.54) is 44.1 Å². The third-order valence-electron chi connectivity index (χ3n) is 9.62. The van der Waals surface area contributed by atoms with E-state index in [0.29, 0.717) is 11.1 Å². The summed E-state index contributed by atoms with van der Waals surface area (Å²) < 4.78 is 0. The lowest BCUT2D eigenvalue weighted by atomic mass is 9.89. The van der Waals surface area contributed by atoms with E-state index in [0.717, 1.165) is 0 Å². The minimum Gasteiger partial charge on any atom is -0.0803 e. The van der Waals surface area contributed by atoms with Crippen molar-refractivity contribution < 1.29 is 0 Å². The average molecular weight is 483 g/mol. The van der Waals surface area contributed by atoms with Crippen LogP contribution in [0.1, 0.15) is 67.3 Å². The first-order chi connectivity index (χ1) is 16.3. The van der Waals surface area contributed by atoms with Gasteiger partial charge in [-0.3, -0.25) is 0 Å². The van der Waals surface area contributed by atoms with Gasteiger partial charge in [0.15, 0.2) is 0 Å². The number of benzene rings is 2. The van der Waals surface area contributed by atoms with E-state index >= 15 is 0 Å². The summed E-state index contributed by atoms with van der Waals surface area (Å²) in [6, 6.07) is 13.9. The lowest BCUT2D eigenvalue weighted by molar-refractivity contribution is 0.798. The molecule has 2 heteroatoms. The highest BCUT2D eigenvalue weighted by Gasteiger charge is 2.52. The van der Waals surface area contributed by atoms with Crippen LogP contribution in [-0.4, -0.2) is 15.2 Å². The number of hydrogen-bond donors (Lipinski definition) is 0. The zero-order chi connectivity index (χ0) is 24.1. The molecule has 3 aliphatic carbocycles. The van der Waals surface area contributed by atoms with Crippen LogP contribution in [0.4, 0.5) is 0 Å². The van der Waals surface area contributed by atoms with Gasteiger partial charge in [-0.2, -0.15) is 0 Å². The molecule has 0 aromatic heterocycles. The van der Waals surface area contributed by atoms with Crippen molar-refractivity contribution in [3.63, 3.8) is 0 Å². The van der Waals surface area contributed by atoms with Gasteiger partial charge < -0.3 is 0 Å². The number of rotatable bonds is 7. The van der Waals surface area contributed by atoms with Gasteiger partial charge in [-0.1, -0.05) is 111 Å². The van der Waals surface area contributed by atoms with E-state index in [9.17, 15) is 0 Å². The molecule has 0 nitrogen and oxygen atoms in total. The second kappa shape index (κ2) is 8.95. The Morgan fingerprint density at radius 1 is 0.971 bits per heavy atom. The van der Waals surface area contributed by atoms with Crippen molar-refractivity contribution in [2.45, 2.75) is 89.6 Å². The molecule has 2 aromatic carbocycles. The number of unbranched alkanes of at least 4 members (excludes halogenated alkanes) is 1. The molecule has 5 rings (SSSR count). The molecule has 0 aliphatic heterocycles. The highest BCUT2D eigenvalue weighted by molar-refractivity contribution is 7.42. The van der Waals surface area contributed by atoms with E-state index < -0.39 is 15.2 Å². The molecule has 0 fully saturated rings. The predicted molar refractivity (Wildman–Crippen MR) is 156 cm³/mol. The van der Waals surface area contributed by atoms with Gasteiger partial charge in [0.1, 0.15) is 0 Å². The molecule has 0 heterocycles. The molecule has 0 saturated heterocycles. The fraction of sp³-hybridized carbons (Fsp3) is 0.438. The van der Waals surface area contributed by atoms with Crippen LogP contribution in [0, 0.1) is 0 Å². The largest absolute Gasteiger partial charge is 0.0803 e. The molecule has 2 atom stereocenters. The fourth-order valence-corrected chi connectivity index (χ4v) is 18.5. The van der Waals surface area contributed by atoms with Crippen molar-refractivity contribution in [1.82, 2.24) is 0 Å². The fourth-order valence-electron chi connectivity index (χ4n) is 6.99. The average Bonchev–Trinajstić information content (AvgIpc) is 3.54. The number of fused-ring (bicyclic) bond motifs is 2. The number of hydrogen-bond acceptors (Lipinski definition) is 0. The molecule has 2 unspecified atom stereocenters. The minimum atomic E-state index is -1.62. The van der Waals surface area contributed by atoms with Gasteiger partial charge >= 0.3 is 0 Å². The summed E-state index contributed by atoms with van der Waals surface area (Å²) in [4.78, 5) is 0. The first-order valence-corrected chi connectivity index (χ1v) is 20.7. The second-order valence-electron chi connectivity index (χ2n) is 12.1. The monoisotopic (exact) mass is 482 g/mol. The van der Waals surface area contributed by atoms with Crippen molar-refractivity contribution in [2.24, 2.45) is 0 Å². The van der Waals surface area contributed by atoms with E-state index in [4.69, 9.17) is 0 Å². The number of allylic oxidation sites excluding steroid dienone is 5. The van der Waals surface area contributed by atoms with E-state index in [1.54, 1.807) is 39.0 Å². The van der Waals surface area contributed by atoms with Crippen molar-refractivity contribution >= 4 is 21.3 Å². The van der Waals surface area contributed by atoms with Gasteiger partial charge in [0, 0.05) is 0 Å². The second-order valence-corrected chi connectivity index (χ2v) is 28.0. The Labute approximate surface area is 209 Å². The summed E-state index contributed by atoms with van der Waals surface area (Å²) in [5.41, 5.74) is 14.0. The van der Waals surface area contributed by atoms with Crippen LogP contribution < -0.4 is 0 Å². The molecule has 34 heavy (non-hydrogen) atoms. The molecule has 178 valence electrons. The Morgan fingerprint density at radius 3 is 2.47 bits per heavy atom. The van der Waals surface area contributed by atoms with Gasteiger partial charge in [-0.25, -0.2) is 0 Å². The summed E-state index contributed by atoms with van der Waals surface area (Å²) in [6.07, 6.45) is 18.0. The zero-order valence-electron chi connectivity index (χ0n) is 22.2. The topological polar surface area (TPSA) is 0 Å². The summed E-state index contributed by atoms with van der Waals surface area (Å²) in [7, 11) is -3.16. The van der Waals surface area contributed by atoms with Crippen LogP contribution in [0.5, 0.6) is 0 Å². The molecule has 0 amide bonds. The van der Waals surface area contributed by atoms with Crippen LogP contribution >= 0.6 is 0 Å². The van der Waals surface area contributed by atoms with Gasteiger partial charge in [0.25, 0.3) is 0 Å². The van der Waals surface area contributed by atoms with Crippen LogP contribution in [0.25, 0.3) is 17.2 Å². The Balaban J connectivity index is 1.58. The Kier molecular flexibility index (Phi) is 6.27. The first-order valence-electron chi connectivity index (χ1n) is 13.6. The molecule has 0 spiro atoms. The summed E-state index contributed by atoms with van der Waals surface area (Å²) in [5.74, 6) is 0. The van der Waals surface area contributed by atoms with Crippen LogP contribution in [0.2, 0.25) is 31.7 Å². The first kappa shape index (κ1) is 23.8. The van der Waals surface area contributed by atoms with Gasteiger partial charge in [0.05, 0.1) is 15.2 Å². The van der Waals surface area contributed by atoms with Gasteiger partial charge in [-0.05, 0) is 83.5 Å². The quantitative estimate of drug-likeness (QED) is 0.345. The van der Waals surface area contributed by atoms with Crippen molar-refractivity contribution in [3.05, 3.63) is 88.0 Å². The highest BCUT2D eigenvalue weighted by Crippen LogP contribution is 2.53. The molecule has 0 bridgehead atoms. The molecule has 0 radical (unpaired) electrons. The van der Waals surface area contributed by atoms with Crippen LogP contribution in [0.3, 0.4) is 0 Å². The van der Waals surface area contributed by atoms with Crippen molar-refractivity contribution in [2.75, 3.05) is 0 Å². The van der Waals surface area contributed by atoms with E-state index in [-0.39, 0.29) is 0 Å². The van der Waals surface area contributed by atoms with Gasteiger partial charge in [0.2, 0.25) is 0 Å². The molecule has 0 N–H and O–H groups in total. The molecular weight excluding hydrogens is 441 g/mol. The lowest BCUT2D eigenvalue weighted by Crippen LogP contribution is -2.60. The summed E-state index contributed by atoms with van der Waals surface area (Å²) in [6.45, 7) is 15.6. The molecule has 0 saturated carbocycles. The maximum Gasteiger partial charge on any atom is 0.0551 e. The van der Waals surface area contributed by atoms with Crippen LogP contribution in [0.15, 0.2) is 65.8 Å². The Morgan fingerprint density at radius 2 is 1.74 bits per heavy atom. The van der Waals surface area contributed by atoms with Crippen molar-refractivity contribution in [1.29, 1.82) is 0 Å². The SMILES string of the molecule is CCCCC1=CC([Si](C)(C)[Si](C)(C)C2C(C)=Cc3c2cc2c(c3-c3ccccc3)CCC2)C=C1. The molecule has 3 aliphatic rings. The molecular formula is C32H42Si2. The third kappa shape index (κ3) is 3.78. The Bertz CT molecular complexity index is 1180. The minimum absolute atomic E-state index is 0.652. The Hall–Kier alpha value is -1.91. The normalized spacial score (nSPS) is 21.5. The van der Waals surface area contributed by atoms with Crippen molar-refractivity contribution in [3.8, 4) is 11.1 Å². The van der Waals surface area contributed by atoms with E-state index in [2.05, 4.69) is 101 Å². The smallest absolute Gasteiger partial charge is 0.0551 e. The maximum absolute atomic E-state index is 2.73. The third-order valence-corrected chi connectivity index (χ3v) is 29.0. The van der Waals surface area contributed by atoms with Gasteiger partial charge in [-0.15, -0.1) is 0 Å². The standard InChI is InChI=1S/C32H42Si2/c1-7-8-13-24-18-19-27(21-24)33(3,4)34(5,6)32-23(2)20-29-30(32)22-26-16-12-17-28(26)31(29)25-14-10-9-11-15-25/h9-11,14-15,18-22,27,32H,7-8,12-13,16-17H2,1-6H3. The van der Waals surface area contributed by atoms with E-state index in [1.807, 2.05) is 0 Å². The highest BCUT2D eigenvalue weighted by atomic mass is 29.3.